The molecule has 2 N–H and O–H groups in total. The zero-order chi connectivity index (χ0) is 24.1. The molecule has 2 aliphatic rings. The molecule has 0 unspecified atom stereocenters. The number of hydrogen-bond acceptors (Lipinski definition) is 6. The molecule has 0 aromatic carbocycles. The first-order chi connectivity index (χ1) is 15.0. The lowest BCUT2D eigenvalue weighted by Crippen LogP contribution is -2.61. The van der Waals surface area contributed by atoms with E-state index in [4.69, 9.17) is 14.2 Å². The zero-order valence-electron chi connectivity index (χ0n) is 20.8. The molecule has 1 fully saturated rings. The first kappa shape index (κ1) is 26.8. The Morgan fingerprint density at radius 1 is 1.28 bits per heavy atom. The number of carbonyl (C=O) groups excluding carboxylic acids is 1. The molecule has 0 bridgehead atoms. The Kier molecular flexibility index (Phi) is 9.70. The molecule has 6 heteroatoms. The van der Waals surface area contributed by atoms with Crippen LogP contribution in [0, 0.1) is 5.92 Å². The Balaban J connectivity index is 2.31. The van der Waals surface area contributed by atoms with Crippen molar-refractivity contribution in [1.29, 1.82) is 0 Å². The molecule has 0 spiro atoms. The first-order valence-corrected chi connectivity index (χ1v) is 11.8. The summed E-state index contributed by atoms with van der Waals surface area (Å²) < 4.78 is 18.2. The highest BCUT2D eigenvalue weighted by Gasteiger charge is 2.49. The summed E-state index contributed by atoms with van der Waals surface area (Å²) in [6, 6.07) is 0. The minimum Gasteiger partial charge on any atom is -0.451 e. The maximum absolute atomic E-state index is 12.5. The lowest BCUT2D eigenvalue weighted by molar-refractivity contribution is -0.327. The van der Waals surface area contributed by atoms with Gasteiger partial charge in [-0.05, 0) is 86.5 Å². The topological polar surface area (TPSA) is 85.2 Å². The number of hydrogen-bond donors (Lipinski definition) is 2. The van der Waals surface area contributed by atoms with Crippen LogP contribution in [0.25, 0.3) is 0 Å². The fourth-order valence-electron chi connectivity index (χ4n) is 4.35. The highest BCUT2D eigenvalue weighted by molar-refractivity contribution is 5.87. The normalized spacial score (nSPS) is 33.2. The second-order valence-corrected chi connectivity index (χ2v) is 9.80. The SMILES string of the molecule is C/C=C(/C)C(=O)O[C@H]1[C@H](O[C@](C)(CCC=C(C)C)[C@@H]2CC=C(C)CC2)O[C@H](C)[C@H](O)[C@@H]1O. The molecule has 2 rings (SSSR count). The van der Waals surface area contributed by atoms with E-state index in [1.54, 1.807) is 26.8 Å². The Morgan fingerprint density at radius 2 is 1.97 bits per heavy atom. The van der Waals surface area contributed by atoms with Crippen LogP contribution in [0.1, 0.15) is 80.6 Å². The molecule has 7 atom stereocenters. The van der Waals surface area contributed by atoms with Gasteiger partial charge >= 0.3 is 5.97 Å². The largest absolute Gasteiger partial charge is 0.451 e. The number of ether oxygens (including phenoxy) is 3. The van der Waals surface area contributed by atoms with Gasteiger partial charge < -0.3 is 24.4 Å². The monoisotopic (exact) mass is 450 g/mol. The Bertz CT molecular complexity index is 735. The van der Waals surface area contributed by atoms with Gasteiger partial charge in [0.1, 0.15) is 12.2 Å². The van der Waals surface area contributed by atoms with Crippen molar-refractivity contribution in [2.45, 2.75) is 117 Å². The van der Waals surface area contributed by atoms with Crippen molar-refractivity contribution >= 4 is 5.97 Å². The van der Waals surface area contributed by atoms with Crippen LogP contribution in [0.4, 0.5) is 0 Å². The number of aliphatic hydroxyl groups excluding tert-OH is 2. The fourth-order valence-corrected chi connectivity index (χ4v) is 4.35. The van der Waals surface area contributed by atoms with Crippen LogP contribution in [0.3, 0.4) is 0 Å². The third-order valence-electron chi connectivity index (χ3n) is 6.86. The summed E-state index contributed by atoms with van der Waals surface area (Å²) in [4.78, 5) is 12.5. The second kappa shape index (κ2) is 11.6. The average molecular weight is 451 g/mol. The number of aliphatic hydroxyl groups is 2. The second-order valence-electron chi connectivity index (χ2n) is 9.80. The van der Waals surface area contributed by atoms with Gasteiger partial charge in [-0.1, -0.05) is 29.4 Å². The lowest BCUT2D eigenvalue weighted by Gasteiger charge is -2.47. The Labute approximate surface area is 193 Å². The molecule has 0 aromatic rings. The molecule has 0 radical (unpaired) electrons. The van der Waals surface area contributed by atoms with Crippen LogP contribution < -0.4 is 0 Å². The van der Waals surface area contributed by atoms with E-state index < -0.39 is 42.3 Å². The molecule has 182 valence electrons. The van der Waals surface area contributed by atoms with E-state index in [0.717, 1.165) is 32.1 Å². The van der Waals surface area contributed by atoms with E-state index in [1.165, 1.54) is 11.1 Å². The molecule has 6 nitrogen and oxygen atoms in total. The van der Waals surface area contributed by atoms with Crippen LogP contribution in [0.15, 0.2) is 34.9 Å². The van der Waals surface area contributed by atoms with Crippen LogP contribution in [-0.4, -0.2) is 52.5 Å². The minimum atomic E-state index is -1.30. The summed E-state index contributed by atoms with van der Waals surface area (Å²) in [7, 11) is 0. The van der Waals surface area contributed by atoms with Gasteiger partial charge in [-0.3, -0.25) is 0 Å². The minimum absolute atomic E-state index is 0.272. The predicted molar refractivity (Wildman–Crippen MR) is 125 cm³/mol. The van der Waals surface area contributed by atoms with Gasteiger partial charge in [-0.2, -0.15) is 0 Å². The van der Waals surface area contributed by atoms with Gasteiger partial charge in [0.05, 0.1) is 11.7 Å². The maximum atomic E-state index is 12.5. The summed E-state index contributed by atoms with van der Waals surface area (Å²) >= 11 is 0. The van der Waals surface area contributed by atoms with Gasteiger partial charge in [0.15, 0.2) is 12.4 Å². The van der Waals surface area contributed by atoms with E-state index in [2.05, 4.69) is 39.8 Å². The molecule has 1 aliphatic heterocycles. The third-order valence-corrected chi connectivity index (χ3v) is 6.86. The fraction of sp³-hybridized carbons (Fsp3) is 0.731. The predicted octanol–water partition coefficient (Wildman–Crippen LogP) is 4.60. The van der Waals surface area contributed by atoms with E-state index in [1.807, 2.05) is 0 Å². The summed E-state index contributed by atoms with van der Waals surface area (Å²) in [5.74, 6) is -0.286. The molecular weight excluding hydrogens is 408 g/mol. The maximum Gasteiger partial charge on any atom is 0.333 e. The number of rotatable bonds is 8. The van der Waals surface area contributed by atoms with E-state index in [-0.39, 0.29) is 5.92 Å². The molecule has 1 saturated heterocycles. The summed E-state index contributed by atoms with van der Waals surface area (Å²) in [6.45, 7) is 13.5. The average Bonchev–Trinajstić information content (AvgIpc) is 2.74. The van der Waals surface area contributed by atoms with Gasteiger partial charge in [0.2, 0.25) is 0 Å². The molecule has 1 heterocycles. The molecular formula is C26H42O6. The highest BCUT2D eigenvalue weighted by atomic mass is 16.7. The van der Waals surface area contributed by atoms with Crippen molar-refractivity contribution in [3.05, 3.63) is 34.9 Å². The molecule has 0 amide bonds. The smallest absolute Gasteiger partial charge is 0.333 e. The van der Waals surface area contributed by atoms with Gasteiger partial charge in [0.25, 0.3) is 0 Å². The number of allylic oxidation sites excluding steroid dienone is 5. The van der Waals surface area contributed by atoms with Crippen molar-refractivity contribution in [2.75, 3.05) is 0 Å². The molecule has 0 saturated carbocycles. The third kappa shape index (κ3) is 6.77. The molecule has 32 heavy (non-hydrogen) atoms. The van der Waals surface area contributed by atoms with Crippen molar-refractivity contribution in [1.82, 2.24) is 0 Å². The van der Waals surface area contributed by atoms with E-state index in [9.17, 15) is 15.0 Å². The molecule has 1 aliphatic carbocycles. The number of carbonyl (C=O) groups is 1. The first-order valence-electron chi connectivity index (χ1n) is 11.8. The van der Waals surface area contributed by atoms with Crippen LogP contribution in [0.5, 0.6) is 0 Å². The van der Waals surface area contributed by atoms with Crippen molar-refractivity contribution < 1.29 is 29.2 Å². The van der Waals surface area contributed by atoms with Crippen LogP contribution >= 0.6 is 0 Å². The van der Waals surface area contributed by atoms with Crippen LogP contribution in [0.2, 0.25) is 0 Å². The van der Waals surface area contributed by atoms with Crippen molar-refractivity contribution in [2.24, 2.45) is 5.92 Å². The van der Waals surface area contributed by atoms with Crippen molar-refractivity contribution in [3.8, 4) is 0 Å². The van der Waals surface area contributed by atoms with E-state index in [0.29, 0.717) is 5.57 Å². The Hall–Kier alpha value is -1.47. The van der Waals surface area contributed by atoms with Crippen LogP contribution in [-0.2, 0) is 19.0 Å². The lowest BCUT2D eigenvalue weighted by atomic mass is 9.76. The number of esters is 1. The van der Waals surface area contributed by atoms with Gasteiger partial charge in [-0.15, -0.1) is 0 Å². The summed E-state index contributed by atoms with van der Waals surface area (Å²) in [5, 5.41) is 21.1. The quantitative estimate of drug-likeness (QED) is 0.319. The standard InChI is InChI=1S/C26H42O6/c1-8-18(5)24(29)31-23-22(28)21(27)19(6)30-25(23)32-26(7,15-9-10-16(2)3)20-13-11-17(4)12-14-20/h8,10-11,19-23,25,27-28H,9,12-15H2,1-7H3/b18-8-/t19-,20-,21+,22+,23-,25+,26-/m1/s1. The highest BCUT2D eigenvalue weighted by Crippen LogP contribution is 2.40. The van der Waals surface area contributed by atoms with Gasteiger partial charge in [0, 0.05) is 5.57 Å². The summed E-state index contributed by atoms with van der Waals surface area (Å²) in [6.07, 6.45) is 5.47. The zero-order valence-corrected chi connectivity index (χ0v) is 20.8. The Morgan fingerprint density at radius 3 is 2.53 bits per heavy atom. The van der Waals surface area contributed by atoms with Gasteiger partial charge in [-0.25, -0.2) is 4.79 Å². The molecule has 0 aromatic heterocycles. The van der Waals surface area contributed by atoms with Crippen molar-refractivity contribution in [3.63, 3.8) is 0 Å². The summed E-state index contributed by atoms with van der Waals surface area (Å²) in [5.41, 5.74) is 2.52. The van der Waals surface area contributed by atoms with E-state index >= 15 is 0 Å².